The molecule has 0 aromatic carbocycles. The van der Waals surface area contributed by atoms with Gasteiger partial charge in [-0.15, -0.1) is 0 Å². The van der Waals surface area contributed by atoms with Crippen molar-refractivity contribution in [2.45, 2.75) is 6.55 Å². The van der Waals surface area contributed by atoms with Crippen LogP contribution in [0.4, 0.5) is 14.5 Å². The quantitative estimate of drug-likeness (QED) is 0.727. The molecule has 2 N–H and O–H groups in total. The van der Waals surface area contributed by atoms with Gasteiger partial charge in [-0.05, 0) is 0 Å². The van der Waals surface area contributed by atoms with Crippen LogP contribution in [0.5, 0.6) is 0 Å². The number of hydrogen-bond donors (Lipinski definition) is 1. The zero-order valence-corrected chi connectivity index (χ0v) is 11.4. The highest BCUT2D eigenvalue weighted by Gasteiger charge is 2.19. The third-order valence-corrected chi connectivity index (χ3v) is 3.24. The van der Waals surface area contributed by atoms with Gasteiger partial charge in [0.2, 0.25) is 0 Å². The molecule has 21 heavy (non-hydrogen) atoms. The van der Waals surface area contributed by atoms with Crippen LogP contribution in [0, 0.1) is 0 Å². The Morgan fingerprint density at radius 2 is 2.14 bits per heavy atom. The molecule has 3 rings (SSSR count). The molecule has 3 heterocycles. The first-order chi connectivity index (χ1) is 9.90. The van der Waals surface area contributed by atoms with E-state index in [-0.39, 0.29) is 22.2 Å². The lowest BCUT2D eigenvalue weighted by Crippen LogP contribution is -2.20. The van der Waals surface area contributed by atoms with Crippen LogP contribution >= 0.6 is 11.6 Å². The van der Waals surface area contributed by atoms with E-state index in [1.54, 1.807) is 0 Å². The SMILES string of the molecule is Cn1c(=O)n(-c2cnn(C(F)F)c2)c2nc(Cl)cc(N)c21. The van der Waals surface area contributed by atoms with Crippen LogP contribution < -0.4 is 11.4 Å². The Labute approximate surface area is 121 Å². The Balaban J connectivity index is 2.36. The number of alkyl halides is 2. The number of aryl methyl sites for hydroxylation is 1. The fraction of sp³-hybridized carbons (Fsp3) is 0.182. The molecule has 3 aromatic rings. The highest BCUT2D eigenvalue weighted by molar-refractivity contribution is 6.30. The summed E-state index contributed by atoms with van der Waals surface area (Å²) in [5.41, 5.74) is 6.32. The number of hydrogen-bond acceptors (Lipinski definition) is 4. The predicted octanol–water partition coefficient (Wildman–Crippen LogP) is 1.55. The zero-order chi connectivity index (χ0) is 15.3. The summed E-state index contributed by atoms with van der Waals surface area (Å²) in [6.45, 7) is -2.80. The molecule has 0 amide bonds. The number of halogens is 3. The average Bonchev–Trinajstić information content (AvgIpc) is 2.95. The third kappa shape index (κ3) is 1.97. The van der Waals surface area contributed by atoms with Crippen molar-refractivity contribution in [3.8, 4) is 5.69 Å². The normalized spacial score (nSPS) is 11.7. The molecular formula is C11H9ClF2N6O. The Morgan fingerprint density at radius 1 is 1.43 bits per heavy atom. The smallest absolute Gasteiger partial charge is 0.334 e. The van der Waals surface area contributed by atoms with Crippen molar-refractivity contribution in [2.24, 2.45) is 7.05 Å². The summed E-state index contributed by atoms with van der Waals surface area (Å²) < 4.78 is 28.0. The van der Waals surface area contributed by atoms with Crippen LogP contribution in [0.3, 0.4) is 0 Å². The van der Waals surface area contributed by atoms with Crippen LogP contribution in [-0.2, 0) is 7.05 Å². The first kappa shape index (κ1) is 13.6. The molecule has 0 aliphatic carbocycles. The van der Waals surface area contributed by atoms with Crippen molar-refractivity contribution >= 4 is 28.5 Å². The second-order valence-corrected chi connectivity index (χ2v) is 4.73. The number of anilines is 1. The van der Waals surface area contributed by atoms with Gasteiger partial charge in [-0.1, -0.05) is 11.6 Å². The molecule has 0 spiro atoms. The molecule has 10 heteroatoms. The summed E-state index contributed by atoms with van der Waals surface area (Å²) in [5, 5.41) is 3.60. The van der Waals surface area contributed by atoms with E-state index in [1.807, 2.05) is 0 Å². The largest absolute Gasteiger partial charge is 0.397 e. The number of nitrogens with zero attached hydrogens (tertiary/aromatic N) is 5. The van der Waals surface area contributed by atoms with Gasteiger partial charge in [0.1, 0.15) is 10.7 Å². The molecule has 0 unspecified atom stereocenters. The van der Waals surface area contributed by atoms with Crippen molar-refractivity contribution in [3.63, 3.8) is 0 Å². The van der Waals surface area contributed by atoms with Gasteiger partial charge in [0, 0.05) is 13.1 Å². The number of fused-ring (bicyclic) bond motifs is 1. The van der Waals surface area contributed by atoms with Crippen molar-refractivity contribution in [3.05, 3.63) is 34.1 Å². The first-order valence-corrected chi connectivity index (χ1v) is 6.14. The van der Waals surface area contributed by atoms with Crippen LogP contribution in [0.2, 0.25) is 5.15 Å². The van der Waals surface area contributed by atoms with Crippen molar-refractivity contribution in [2.75, 3.05) is 5.73 Å². The number of nitrogen functional groups attached to an aromatic ring is 1. The van der Waals surface area contributed by atoms with E-state index in [1.165, 1.54) is 17.7 Å². The topological polar surface area (TPSA) is 83.7 Å². The fourth-order valence-electron chi connectivity index (χ4n) is 2.13. The number of imidazole rings is 1. The van der Waals surface area contributed by atoms with E-state index in [2.05, 4.69) is 10.1 Å². The second-order valence-electron chi connectivity index (χ2n) is 4.34. The Kier molecular flexibility index (Phi) is 2.94. The van der Waals surface area contributed by atoms with E-state index in [0.717, 1.165) is 17.0 Å². The maximum absolute atomic E-state index is 12.6. The summed E-state index contributed by atoms with van der Waals surface area (Å²) in [4.78, 5) is 16.3. The highest BCUT2D eigenvalue weighted by atomic mass is 35.5. The van der Waals surface area contributed by atoms with Crippen LogP contribution in [0.1, 0.15) is 6.55 Å². The molecule has 0 atom stereocenters. The molecular weight excluding hydrogens is 306 g/mol. The second kappa shape index (κ2) is 4.55. The molecule has 110 valence electrons. The summed E-state index contributed by atoms with van der Waals surface area (Å²) in [6, 6.07) is 1.41. The standard InChI is InChI=1S/C11H9ClF2N6O/c1-18-8-6(15)2-7(12)17-9(8)20(11(18)21)5-3-16-19(4-5)10(13)14/h2-4,10H,1H3,(H2,15,17). The van der Waals surface area contributed by atoms with Gasteiger partial charge >= 0.3 is 12.2 Å². The van der Waals surface area contributed by atoms with Crippen LogP contribution in [0.15, 0.2) is 23.3 Å². The van der Waals surface area contributed by atoms with Crippen molar-refractivity contribution < 1.29 is 8.78 Å². The molecule has 0 bridgehead atoms. The minimum atomic E-state index is -2.80. The Morgan fingerprint density at radius 3 is 2.76 bits per heavy atom. The van der Waals surface area contributed by atoms with Crippen LogP contribution in [0.25, 0.3) is 16.9 Å². The van der Waals surface area contributed by atoms with Gasteiger partial charge in [0.05, 0.1) is 23.8 Å². The number of rotatable bonds is 2. The maximum Gasteiger partial charge on any atom is 0.334 e. The van der Waals surface area contributed by atoms with Crippen molar-refractivity contribution in [1.82, 2.24) is 23.9 Å². The number of aromatic nitrogens is 5. The highest BCUT2D eigenvalue weighted by Crippen LogP contribution is 2.24. The van der Waals surface area contributed by atoms with E-state index in [4.69, 9.17) is 17.3 Å². The van der Waals surface area contributed by atoms with Gasteiger partial charge in [-0.25, -0.2) is 19.0 Å². The Bertz CT molecular complexity index is 896. The summed E-state index contributed by atoms with van der Waals surface area (Å²) in [6.07, 6.45) is 2.19. The maximum atomic E-state index is 12.6. The van der Waals surface area contributed by atoms with Gasteiger partial charge in [0.25, 0.3) is 0 Å². The minimum Gasteiger partial charge on any atom is -0.397 e. The third-order valence-electron chi connectivity index (χ3n) is 3.04. The van der Waals surface area contributed by atoms with E-state index >= 15 is 0 Å². The summed E-state index contributed by atoms with van der Waals surface area (Å²) in [5.74, 6) is 0. The monoisotopic (exact) mass is 314 g/mol. The lowest BCUT2D eigenvalue weighted by Gasteiger charge is -2.01. The first-order valence-electron chi connectivity index (χ1n) is 5.76. The molecule has 7 nitrogen and oxygen atoms in total. The molecule has 3 aromatic heterocycles. The number of nitrogens with two attached hydrogens (primary N) is 1. The minimum absolute atomic E-state index is 0.0978. The molecule has 0 radical (unpaired) electrons. The van der Waals surface area contributed by atoms with Gasteiger partial charge < -0.3 is 5.73 Å². The van der Waals surface area contributed by atoms with Gasteiger partial charge in [-0.3, -0.25) is 4.57 Å². The number of pyridine rings is 1. The van der Waals surface area contributed by atoms with Gasteiger partial charge in [0.15, 0.2) is 5.65 Å². The Hall–Kier alpha value is -2.42. The summed E-state index contributed by atoms with van der Waals surface area (Å²) >= 11 is 5.84. The average molecular weight is 315 g/mol. The predicted molar refractivity (Wildman–Crippen MR) is 72.8 cm³/mol. The lowest BCUT2D eigenvalue weighted by atomic mass is 10.3. The van der Waals surface area contributed by atoms with E-state index in [9.17, 15) is 13.6 Å². The molecule has 0 aliphatic heterocycles. The van der Waals surface area contributed by atoms with E-state index in [0.29, 0.717) is 10.2 Å². The van der Waals surface area contributed by atoms with Gasteiger partial charge in [-0.2, -0.15) is 13.9 Å². The summed E-state index contributed by atoms with van der Waals surface area (Å²) in [7, 11) is 1.50. The molecule has 0 saturated heterocycles. The fourth-order valence-corrected chi connectivity index (χ4v) is 2.33. The molecule has 0 saturated carbocycles. The van der Waals surface area contributed by atoms with Crippen LogP contribution in [-0.4, -0.2) is 23.9 Å². The molecule has 0 aliphatic rings. The lowest BCUT2D eigenvalue weighted by molar-refractivity contribution is 0.0566. The van der Waals surface area contributed by atoms with E-state index < -0.39 is 12.2 Å². The molecule has 0 fully saturated rings. The zero-order valence-electron chi connectivity index (χ0n) is 10.7. The van der Waals surface area contributed by atoms with Crippen molar-refractivity contribution in [1.29, 1.82) is 0 Å².